The van der Waals surface area contributed by atoms with Crippen LogP contribution in [-0.4, -0.2) is 50.9 Å². The van der Waals surface area contributed by atoms with Gasteiger partial charge in [0.2, 0.25) is 0 Å². The highest BCUT2D eigenvalue weighted by molar-refractivity contribution is 6.70. The van der Waals surface area contributed by atoms with E-state index in [1.165, 1.54) is 5.69 Å². The summed E-state index contributed by atoms with van der Waals surface area (Å²) in [5, 5.41) is 8.87. The summed E-state index contributed by atoms with van der Waals surface area (Å²) in [6.45, 7) is 4.45. The molecule has 110 valence electrons. The van der Waals surface area contributed by atoms with Gasteiger partial charge in [-0.2, -0.15) is 0 Å². The van der Waals surface area contributed by atoms with Crippen molar-refractivity contribution in [2.45, 2.75) is 18.7 Å². The lowest BCUT2D eigenvalue weighted by Crippen LogP contribution is -2.55. The van der Waals surface area contributed by atoms with Gasteiger partial charge in [-0.05, 0) is 30.8 Å². The minimum atomic E-state index is 0.286. The van der Waals surface area contributed by atoms with E-state index in [4.69, 9.17) is 15.7 Å². The molecular formula is C15H21BN4O. The third-order valence-corrected chi connectivity index (χ3v) is 4.71. The number of hydrogen-bond donors (Lipinski definition) is 1. The standard InChI is InChI=1S/C15H21BN4O/c1-21-15-8-12(2-3-14(15)18)19-4-6-20(7-5-19)13-9-16(10-13)11-17/h2-3,8,13H,4-7,9-10,18H2,1H3. The molecule has 0 unspecified atom stereocenters. The Labute approximate surface area is 126 Å². The van der Waals surface area contributed by atoms with Crippen LogP contribution in [0.5, 0.6) is 5.75 Å². The number of benzene rings is 1. The van der Waals surface area contributed by atoms with Crippen molar-refractivity contribution >= 4 is 18.1 Å². The normalized spacial score (nSPS) is 20.0. The van der Waals surface area contributed by atoms with E-state index in [1.54, 1.807) is 7.11 Å². The number of hydrogen-bond acceptors (Lipinski definition) is 5. The quantitative estimate of drug-likeness (QED) is 0.670. The van der Waals surface area contributed by atoms with Crippen LogP contribution in [-0.2, 0) is 0 Å². The van der Waals surface area contributed by atoms with E-state index in [-0.39, 0.29) is 6.71 Å². The average molecular weight is 284 g/mol. The van der Waals surface area contributed by atoms with Crippen molar-refractivity contribution in [2.24, 2.45) is 0 Å². The predicted molar refractivity (Wildman–Crippen MR) is 86.0 cm³/mol. The Morgan fingerprint density at radius 1 is 1.29 bits per heavy atom. The SMILES string of the molecule is COc1cc(N2CCN(C3CB(C#N)C3)CC2)ccc1N. The zero-order valence-corrected chi connectivity index (χ0v) is 12.5. The third kappa shape index (κ3) is 2.79. The van der Waals surface area contributed by atoms with E-state index < -0.39 is 0 Å². The van der Waals surface area contributed by atoms with Gasteiger partial charge in [-0.1, -0.05) is 0 Å². The molecule has 2 N–H and O–H groups in total. The Morgan fingerprint density at radius 3 is 2.62 bits per heavy atom. The van der Waals surface area contributed by atoms with Gasteiger partial charge >= 0.3 is 0 Å². The first-order chi connectivity index (χ1) is 10.2. The zero-order valence-electron chi connectivity index (χ0n) is 12.5. The van der Waals surface area contributed by atoms with Crippen molar-refractivity contribution in [3.63, 3.8) is 0 Å². The second-order valence-electron chi connectivity index (χ2n) is 5.90. The van der Waals surface area contributed by atoms with Crippen LogP contribution in [0.2, 0.25) is 12.6 Å². The first-order valence-electron chi connectivity index (χ1n) is 7.53. The van der Waals surface area contributed by atoms with E-state index in [9.17, 15) is 0 Å². The van der Waals surface area contributed by atoms with Gasteiger partial charge in [0.05, 0.1) is 12.8 Å². The molecule has 0 aromatic heterocycles. The number of rotatable bonds is 3. The van der Waals surface area contributed by atoms with Crippen LogP contribution in [0.25, 0.3) is 0 Å². The molecule has 0 saturated carbocycles. The van der Waals surface area contributed by atoms with Gasteiger partial charge in [0, 0.05) is 43.9 Å². The largest absolute Gasteiger partial charge is 0.495 e. The molecule has 6 heteroatoms. The van der Waals surface area contributed by atoms with Crippen molar-refractivity contribution in [1.82, 2.24) is 4.90 Å². The molecule has 0 atom stereocenters. The summed E-state index contributed by atoms with van der Waals surface area (Å²) in [6.07, 6.45) is 2.10. The minimum Gasteiger partial charge on any atom is -0.495 e. The molecule has 2 aliphatic heterocycles. The first kappa shape index (κ1) is 14.1. The zero-order chi connectivity index (χ0) is 14.8. The fraction of sp³-hybridized carbons (Fsp3) is 0.533. The summed E-state index contributed by atoms with van der Waals surface area (Å²) >= 11 is 0. The molecule has 0 bridgehead atoms. The van der Waals surface area contributed by atoms with Gasteiger partial charge in [-0.15, -0.1) is 0 Å². The molecule has 2 fully saturated rings. The molecule has 0 radical (unpaired) electrons. The smallest absolute Gasteiger partial charge is 0.270 e. The van der Waals surface area contributed by atoms with E-state index in [0.29, 0.717) is 11.7 Å². The molecule has 21 heavy (non-hydrogen) atoms. The number of piperazine rings is 1. The molecule has 2 heterocycles. The topological polar surface area (TPSA) is 65.5 Å². The molecule has 1 aromatic rings. The molecule has 3 rings (SSSR count). The maximum absolute atomic E-state index is 8.87. The van der Waals surface area contributed by atoms with Gasteiger partial charge < -0.3 is 15.4 Å². The molecular weight excluding hydrogens is 263 g/mol. The molecule has 2 saturated heterocycles. The van der Waals surface area contributed by atoms with E-state index >= 15 is 0 Å². The number of nitrogens with two attached hydrogens (primary N) is 1. The van der Waals surface area contributed by atoms with E-state index in [1.807, 2.05) is 12.1 Å². The maximum Gasteiger partial charge on any atom is 0.270 e. The van der Waals surface area contributed by atoms with Crippen molar-refractivity contribution < 1.29 is 4.74 Å². The first-order valence-corrected chi connectivity index (χ1v) is 7.53. The van der Waals surface area contributed by atoms with E-state index in [0.717, 1.165) is 44.6 Å². The maximum atomic E-state index is 8.87. The van der Waals surface area contributed by atoms with Gasteiger partial charge in [-0.25, -0.2) is 5.26 Å². The Hall–Kier alpha value is -1.87. The Balaban J connectivity index is 1.57. The Bertz CT molecular complexity index is 545. The average Bonchev–Trinajstić information content (AvgIpc) is 2.47. The van der Waals surface area contributed by atoms with Gasteiger partial charge in [0.15, 0.2) is 0 Å². The predicted octanol–water partition coefficient (Wildman–Crippen LogP) is 1.34. The van der Waals surface area contributed by atoms with Crippen LogP contribution in [0, 0.1) is 11.2 Å². The second kappa shape index (κ2) is 5.86. The third-order valence-electron chi connectivity index (χ3n) is 4.71. The van der Waals surface area contributed by atoms with Gasteiger partial charge in [0.1, 0.15) is 5.75 Å². The van der Waals surface area contributed by atoms with Crippen LogP contribution in [0.4, 0.5) is 11.4 Å². The number of anilines is 2. The monoisotopic (exact) mass is 284 g/mol. The summed E-state index contributed by atoms with van der Waals surface area (Å²) in [5.41, 5.74) is 7.71. The summed E-state index contributed by atoms with van der Waals surface area (Å²) in [6, 6.07) is 6.60. The molecule has 0 aliphatic carbocycles. The highest BCUT2D eigenvalue weighted by atomic mass is 16.5. The van der Waals surface area contributed by atoms with Gasteiger partial charge in [0.25, 0.3) is 6.71 Å². The summed E-state index contributed by atoms with van der Waals surface area (Å²) in [7, 11) is 1.65. The fourth-order valence-electron chi connectivity index (χ4n) is 3.23. The number of methoxy groups -OCH3 is 1. The second-order valence-corrected chi connectivity index (χ2v) is 5.90. The molecule has 5 nitrogen and oxygen atoms in total. The number of nitrogens with zero attached hydrogens (tertiary/aromatic N) is 3. The number of nitriles is 1. The van der Waals surface area contributed by atoms with Crippen molar-refractivity contribution in [3.05, 3.63) is 18.2 Å². The van der Waals surface area contributed by atoms with Crippen LogP contribution in [0.1, 0.15) is 0 Å². The number of ether oxygens (including phenoxy) is 1. The molecule has 0 amide bonds. The molecule has 1 aromatic carbocycles. The minimum absolute atomic E-state index is 0.286. The fourth-order valence-corrected chi connectivity index (χ4v) is 3.23. The lowest BCUT2D eigenvalue weighted by atomic mass is 9.34. The molecule has 2 aliphatic rings. The van der Waals surface area contributed by atoms with Crippen LogP contribution < -0.4 is 15.4 Å². The number of nitrogen functional groups attached to an aromatic ring is 1. The van der Waals surface area contributed by atoms with Gasteiger partial charge in [-0.3, -0.25) is 4.90 Å². The van der Waals surface area contributed by atoms with Crippen molar-refractivity contribution in [3.8, 4) is 11.7 Å². The van der Waals surface area contributed by atoms with Crippen LogP contribution in [0.3, 0.4) is 0 Å². The molecule has 0 spiro atoms. The van der Waals surface area contributed by atoms with Crippen LogP contribution in [0.15, 0.2) is 18.2 Å². The van der Waals surface area contributed by atoms with Crippen molar-refractivity contribution in [2.75, 3.05) is 43.9 Å². The Kier molecular flexibility index (Phi) is 3.93. The highest BCUT2D eigenvalue weighted by Gasteiger charge is 2.37. The van der Waals surface area contributed by atoms with Crippen molar-refractivity contribution in [1.29, 1.82) is 5.26 Å². The highest BCUT2D eigenvalue weighted by Crippen LogP contribution is 2.30. The summed E-state index contributed by atoms with van der Waals surface area (Å²) in [4.78, 5) is 4.90. The van der Waals surface area contributed by atoms with E-state index in [2.05, 4.69) is 21.8 Å². The summed E-state index contributed by atoms with van der Waals surface area (Å²) < 4.78 is 5.29. The Morgan fingerprint density at radius 2 is 2.00 bits per heavy atom. The van der Waals surface area contributed by atoms with Crippen LogP contribution >= 0.6 is 0 Å². The lowest BCUT2D eigenvalue weighted by Gasteiger charge is -2.44. The lowest BCUT2D eigenvalue weighted by molar-refractivity contribution is 0.196. The summed E-state index contributed by atoms with van der Waals surface area (Å²) in [5.74, 6) is 3.10.